The van der Waals surface area contributed by atoms with Gasteiger partial charge in [-0.15, -0.1) is 0 Å². The van der Waals surface area contributed by atoms with E-state index in [9.17, 15) is 0 Å². The van der Waals surface area contributed by atoms with Crippen LogP contribution in [0.5, 0.6) is 0 Å². The fourth-order valence-electron chi connectivity index (χ4n) is 4.07. The van der Waals surface area contributed by atoms with Crippen molar-refractivity contribution in [3.05, 3.63) is 96.3 Å². The van der Waals surface area contributed by atoms with E-state index in [0.29, 0.717) is 0 Å². The van der Waals surface area contributed by atoms with Gasteiger partial charge in [-0.1, -0.05) is 60.2 Å². The van der Waals surface area contributed by atoms with Crippen LogP contribution in [0.25, 0.3) is 22.5 Å². The Morgan fingerprint density at radius 2 is 1.34 bits per heavy atom. The lowest BCUT2D eigenvalue weighted by Crippen LogP contribution is -2.46. The topological polar surface area (TPSA) is 45.2 Å². The van der Waals surface area contributed by atoms with Crippen LogP contribution in [-0.2, 0) is 6.54 Å². The molecule has 0 spiro atoms. The number of aryl methyl sites for hydroxylation is 1. The Hall–Kier alpha value is -3.57. The molecule has 160 valence electrons. The van der Waals surface area contributed by atoms with Crippen LogP contribution in [0.4, 0.5) is 5.95 Å². The SMILES string of the molecule is Cc1ccc(-c2cc(-c3ccncc3)nc(N3CCN(Cc4ccccc4)CC3)n2)cc1. The molecule has 32 heavy (non-hydrogen) atoms. The van der Waals surface area contributed by atoms with Crippen LogP contribution in [0.3, 0.4) is 0 Å². The molecule has 1 aliphatic heterocycles. The normalized spacial score (nSPS) is 14.5. The van der Waals surface area contributed by atoms with Crippen molar-refractivity contribution in [1.29, 1.82) is 0 Å². The molecule has 0 atom stereocenters. The Bertz CT molecular complexity index is 1150. The molecule has 5 rings (SSSR count). The predicted molar refractivity (Wildman–Crippen MR) is 129 cm³/mol. The summed E-state index contributed by atoms with van der Waals surface area (Å²) in [5, 5.41) is 0. The molecule has 2 aromatic carbocycles. The second kappa shape index (κ2) is 9.28. The first-order chi connectivity index (χ1) is 15.7. The van der Waals surface area contributed by atoms with Gasteiger partial charge in [0.2, 0.25) is 5.95 Å². The molecule has 0 radical (unpaired) electrons. The summed E-state index contributed by atoms with van der Waals surface area (Å²) in [4.78, 5) is 18.9. The van der Waals surface area contributed by atoms with Crippen molar-refractivity contribution in [2.45, 2.75) is 13.5 Å². The fraction of sp³-hybridized carbons (Fsp3) is 0.222. The number of anilines is 1. The van der Waals surface area contributed by atoms with Crippen LogP contribution < -0.4 is 4.90 Å². The minimum Gasteiger partial charge on any atom is -0.338 e. The lowest BCUT2D eigenvalue weighted by atomic mass is 10.1. The highest BCUT2D eigenvalue weighted by molar-refractivity contribution is 5.69. The van der Waals surface area contributed by atoms with E-state index in [0.717, 1.165) is 61.2 Å². The molecular formula is C27H27N5. The van der Waals surface area contributed by atoms with E-state index in [1.807, 2.05) is 24.5 Å². The van der Waals surface area contributed by atoms with Crippen molar-refractivity contribution in [3.63, 3.8) is 0 Å². The summed E-state index contributed by atoms with van der Waals surface area (Å²) in [6.45, 7) is 6.92. The first-order valence-corrected chi connectivity index (χ1v) is 11.1. The van der Waals surface area contributed by atoms with E-state index in [-0.39, 0.29) is 0 Å². The van der Waals surface area contributed by atoms with Crippen molar-refractivity contribution in [3.8, 4) is 22.5 Å². The molecule has 1 fully saturated rings. The van der Waals surface area contributed by atoms with Crippen molar-refractivity contribution in [1.82, 2.24) is 19.9 Å². The third-order valence-electron chi connectivity index (χ3n) is 5.94. The lowest BCUT2D eigenvalue weighted by Gasteiger charge is -2.35. The summed E-state index contributed by atoms with van der Waals surface area (Å²) in [6.07, 6.45) is 3.62. The lowest BCUT2D eigenvalue weighted by molar-refractivity contribution is 0.249. The third-order valence-corrected chi connectivity index (χ3v) is 5.94. The molecule has 0 unspecified atom stereocenters. The van der Waals surface area contributed by atoms with Gasteiger partial charge in [0.15, 0.2) is 0 Å². The Morgan fingerprint density at radius 1 is 0.719 bits per heavy atom. The molecule has 3 heterocycles. The highest BCUT2D eigenvalue weighted by Gasteiger charge is 2.20. The maximum Gasteiger partial charge on any atom is 0.226 e. The molecule has 4 aromatic rings. The number of aromatic nitrogens is 3. The molecule has 2 aromatic heterocycles. The average molecular weight is 422 g/mol. The molecule has 0 amide bonds. The zero-order valence-electron chi connectivity index (χ0n) is 18.4. The molecule has 0 bridgehead atoms. The Morgan fingerprint density at radius 3 is 2.00 bits per heavy atom. The highest BCUT2D eigenvalue weighted by Crippen LogP contribution is 2.27. The second-order valence-corrected chi connectivity index (χ2v) is 8.29. The number of piperazine rings is 1. The summed E-state index contributed by atoms with van der Waals surface area (Å²) in [5.41, 5.74) is 6.65. The maximum absolute atomic E-state index is 4.97. The number of hydrogen-bond donors (Lipinski definition) is 0. The first-order valence-electron chi connectivity index (χ1n) is 11.1. The fourth-order valence-corrected chi connectivity index (χ4v) is 4.07. The van der Waals surface area contributed by atoms with E-state index in [2.05, 4.69) is 82.4 Å². The molecule has 5 heteroatoms. The van der Waals surface area contributed by atoms with E-state index >= 15 is 0 Å². The van der Waals surface area contributed by atoms with Gasteiger partial charge in [0.25, 0.3) is 0 Å². The van der Waals surface area contributed by atoms with Crippen LogP contribution >= 0.6 is 0 Å². The summed E-state index contributed by atoms with van der Waals surface area (Å²) in [5.74, 6) is 0.800. The molecule has 0 saturated carbocycles. The van der Waals surface area contributed by atoms with Crippen LogP contribution in [0.2, 0.25) is 0 Å². The number of pyridine rings is 1. The third kappa shape index (κ3) is 4.68. The molecule has 0 N–H and O–H groups in total. The predicted octanol–water partition coefficient (Wildman–Crippen LogP) is 4.84. The average Bonchev–Trinajstić information content (AvgIpc) is 2.86. The molecule has 5 nitrogen and oxygen atoms in total. The number of rotatable bonds is 5. The minimum absolute atomic E-state index is 0.800. The number of hydrogen-bond acceptors (Lipinski definition) is 5. The van der Waals surface area contributed by atoms with Crippen LogP contribution in [0.15, 0.2) is 85.2 Å². The van der Waals surface area contributed by atoms with Gasteiger partial charge in [-0.25, -0.2) is 9.97 Å². The van der Waals surface area contributed by atoms with Crippen LogP contribution in [0, 0.1) is 6.92 Å². The molecule has 0 aliphatic carbocycles. The smallest absolute Gasteiger partial charge is 0.226 e. The van der Waals surface area contributed by atoms with Crippen molar-refractivity contribution < 1.29 is 0 Å². The summed E-state index contributed by atoms with van der Waals surface area (Å²) >= 11 is 0. The van der Waals surface area contributed by atoms with Crippen LogP contribution in [-0.4, -0.2) is 46.0 Å². The Balaban J connectivity index is 1.40. The van der Waals surface area contributed by atoms with Gasteiger partial charge in [-0.3, -0.25) is 9.88 Å². The van der Waals surface area contributed by atoms with Crippen LogP contribution in [0.1, 0.15) is 11.1 Å². The summed E-state index contributed by atoms with van der Waals surface area (Å²) < 4.78 is 0. The first kappa shape index (κ1) is 20.3. The van der Waals surface area contributed by atoms with E-state index in [1.54, 1.807) is 0 Å². The molecule has 1 aliphatic rings. The van der Waals surface area contributed by atoms with Gasteiger partial charge in [-0.2, -0.15) is 0 Å². The number of nitrogens with zero attached hydrogens (tertiary/aromatic N) is 5. The van der Waals surface area contributed by atoms with E-state index < -0.39 is 0 Å². The van der Waals surface area contributed by atoms with Crippen molar-refractivity contribution in [2.24, 2.45) is 0 Å². The Kier molecular flexibility index (Phi) is 5.90. The summed E-state index contributed by atoms with van der Waals surface area (Å²) in [7, 11) is 0. The summed E-state index contributed by atoms with van der Waals surface area (Å²) in [6, 6.07) is 25.3. The van der Waals surface area contributed by atoms with Crippen molar-refractivity contribution in [2.75, 3.05) is 31.1 Å². The van der Waals surface area contributed by atoms with Gasteiger partial charge < -0.3 is 4.90 Å². The van der Waals surface area contributed by atoms with Gasteiger partial charge >= 0.3 is 0 Å². The van der Waals surface area contributed by atoms with E-state index in [1.165, 1.54) is 11.1 Å². The molecule has 1 saturated heterocycles. The zero-order chi connectivity index (χ0) is 21.8. The van der Waals surface area contributed by atoms with Gasteiger partial charge in [0.1, 0.15) is 0 Å². The van der Waals surface area contributed by atoms with E-state index in [4.69, 9.17) is 9.97 Å². The van der Waals surface area contributed by atoms with Gasteiger partial charge in [-0.05, 0) is 30.7 Å². The number of benzene rings is 2. The van der Waals surface area contributed by atoms with Crippen molar-refractivity contribution >= 4 is 5.95 Å². The van der Waals surface area contributed by atoms with Gasteiger partial charge in [0.05, 0.1) is 11.4 Å². The highest BCUT2D eigenvalue weighted by atomic mass is 15.3. The largest absolute Gasteiger partial charge is 0.338 e. The zero-order valence-corrected chi connectivity index (χ0v) is 18.4. The standard InChI is InChI=1S/C27H27N5/c1-21-7-9-23(10-8-21)25-19-26(24-11-13-28-14-12-24)30-27(29-25)32-17-15-31(16-18-32)20-22-5-3-2-4-6-22/h2-14,19H,15-18,20H2,1H3. The Labute approximate surface area is 189 Å². The maximum atomic E-state index is 4.97. The minimum atomic E-state index is 0.800. The molecular weight excluding hydrogens is 394 g/mol. The second-order valence-electron chi connectivity index (χ2n) is 8.29. The quantitative estimate of drug-likeness (QED) is 0.462. The van der Waals surface area contributed by atoms with Gasteiger partial charge in [0, 0.05) is 56.2 Å². The monoisotopic (exact) mass is 421 g/mol.